The van der Waals surface area contributed by atoms with E-state index in [2.05, 4.69) is 26.0 Å². The molecule has 5 heteroatoms. The number of nitrogens with zero attached hydrogens (tertiary/aromatic N) is 2. The van der Waals surface area contributed by atoms with Crippen molar-refractivity contribution in [2.24, 2.45) is 17.1 Å². The van der Waals surface area contributed by atoms with Crippen molar-refractivity contribution in [3.8, 4) is 5.69 Å². The number of fused-ring (bicyclic) bond motifs is 1. The minimum Gasteiger partial charge on any atom is -0.365 e. The predicted octanol–water partition coefficient (Wildman–Crippen LogP) is 5.14. The van der Waals surface area contributed by atoms with Crippen LogP contribution in [0.25, 0.3) is 11.8 Å². The average Bonchev–Trinajstić information content (AvgIpc) is 2.96. The summed E-state index contributed by atoms with van der Waals surface area (Å²) in [5.74, 6) is -0.762. The molecule has 1 fully saturated rings. The van der Waals surface area contributed by atoms with E-state index in [1.807, 2.05) is 17.7 Å². The molecule has 1 aromatic heterocycles. The summed E-state index contributed by atoms with van der Waals surface area (Å²) in [6.07, 6.45) is 11.8. The highest BCUT2D eigenvalue weighted by Gasteiger charge is 2.28. The summed E-state index contributed by atoms with van der Waals surface area (Å²) < 4.78 is 16.9. The van der Waals surface area contributed by atoms with Crippen molar-refractivity contribution in [3.05, 3.63) is 52.1 Å². The minimum atomic E-state index is -0.692. The summed E-state index contributed by atoms with van der Waals surface area (Å²) in [5, 5.41) is 4.71. The third-order valence-corrected chi connectivity index (χ3v) is 6.41. The summed E-state index contributed by atoms with van der Waals surface area (Å²) in [4.78, 5) is 12.0. The molecule has 2 aromatic rings. The van der Waals surface area contributed by atoms with Gasteiger partial charge in [0.25, 0.3) is 5.91 Å². The highest BCUT2D eigenvalue weighted by Crippen LogP contribution is 2.35. The Hall–Kier alpha value is -2.43. The lowest BCUT2D eigenvalue weighted by Gasteiger charge is -2.25. The van der Waals surface area contributed by atoms with Gasteiger partial charge in [0.1, 0.15) is 5.82 Å². The molecule has 1 saturated carbocycles. The second-order valence-electron chi connectivity index (χ2n) is 9.39. The number of carbonyl (C=O) groups excluding carboxylic acids is 1. The van der Waals surface area contributed by atoms with Crippen molar-refractivity contribution in [2.45, 2.75) is 65.7 Å². The second-order valence-corrected chi connectivity index (χ2v) is 9.39. The fourth-order valence-corrected chi connectivity index (χ4v) is 4.90. The van der Waals surface area contributed by atoms with Gasteiger partial charge in [-0.3, -0.25) is 4.79 Å². The number of hydrogen-bond donors (Lipinski definition) is 1. The van der Waals surface area contributed by atoms with Crippen LogP contribution in [0.15, 0.2) is 18.2 Å². The molecule has 1 aromatic carbocycles. The molecule has 1 heterocycles. The number of allylic oxidation sites excluding steroid dienone is 1. The topological polar surface area (TPSA) is 60.9 Å². The molecule has 0 unspecified atom stereocenters. The van der Waals surface area contributed by atoms with Crippen molar-refractivity contribution < 1.29 is 9.18 Å². The third-order valence-electron chi connectivity index (χ3n) is 6.41. The molecule has 0 spiro atoms. The fourth-order valence-electron chi connectivity index (χ4n) is 4.90. The number of aryl methyl sites for hydroxylation is 1. The van der Waals surface area contributed by atoms with Crippen molar-refractivity contribution in [3.63, 3.8) is 0 Å². The smallest absolute Gasteiger partial charge is 0.251 e. The van der Waals surface area contributed by atoms with E-state index in [4.69, 9.17) is 10.8 Å². The third kappa shape index (κ3) is 3.87. The molecule has 0 aliphatic heterocycles. The highest BCUT2D eigenvalue weighted by atomic mass is 19.1. The molecular weight excluding hydrogens is 365 g/mol. The first-order chi connectivity index (χ1) is 13.7. The fraction of sp³-hybridized carbons (Fsp3) is 0.500. The van der Waals surface area contributed by atoms with Crippen LogP contribution in [0.1, 0.15) is 78.8 Å². The van der Waals surface area contributed by atoms with Gasteiger partial charge < -0.3 is 5.73 Å². The van der Waals surface area contributed by atoms with E-state index in [1.165, 1.54) is 25.3 Å². The van der Waals surface area contributed by atoms with Crippen LogP contribution in [0.3, 0.4) is 0 Å². The van der Waals surface area contributed by atoms with Crippen LogP contribution in [-0.4, -0.2) is 15.7 Å². The zero-order chi connectivity index (χ0) is 20.8. The van der Waals surface area contributed by atoms with Crippen molar-refractivity contribution in [2.75, 3.05) is 0 Å². The second kappa shape index (κ2) is 7.43. The first-order valence-corrected chi connectivity index (χ1v) is 10.7. The minimum absolute atomic E-state index is 0.0217. The van der Waals surface area contributed by atoms with Crippen LogP contribution in [-0.2, 0) is 12.8 Å². The van der Waals surface area contributed by atoms with Gasteiger partial charge in [-0.1, -0.05) is 58.1 Å². The van der Waals surface area contributed by atoms with Crippen molar-refractivity contribution in [1.82, 2.24) is 9.78 Å². The van der Waals surface area contributed by atoms with Gasteiger partial charge in [-0.25, -0.2) is 9.07 Å². The zero-order valence-corrected chi connectivity index (χ0v) is 17.6. The highest BCUT2D eigenvalue weighted by molar-refractivity contribution is 5.95. The lowest BCUT2D eigenvalue weighted by Crippen LogP contribution is -2.21. The molecule has 2 aliphatic carbocycles. The van der Waals surface area contributed by atoms with Crippen LogP contribution < -0.4 is 5.73 Å². The van der Waals surface area contributed by atoms with E-state index in [0.29, 0.717) is 23.6 Å². The van der Waals surface area contributed by atoms with Crippen molar-refractivity contribution in [1.29, 1.82) is 0 Å². The van der Waals surface area contributed by atoms with Gasteiger partial charge in [0.05, 0.1) is 22.6 Å². The summed E-state index contributed by atoms with van der Waals surface area (Å²) in [6, 6.07) is 3.33. The molecule has 4 rings (SSSR count). The molecule has 29 heavy (non-hydrogen) atoms. The van der Waals surface area contributed by atoms with Crippen LogP contribution >= 0.6 is 0 Å². The Morgan fingerprint density at radius 3 is 2.69 bits per heavy atom. The molecule has 154 valence electrons. The van der Waals surface area contributed by atoms with Crippen molar-refractivity contribution >= 4 is 12.0 Å². The first-order valence-electron chi connectivity index (χ1n) is 10.7. The number of carbonyl (C=O) groups is 1. The van der Waals surface area contributed by atoms with Gasteiger partial charge in [-0.05, 0) is 42.7 Å². The largest absolute Gasteiger partial charge is 0.365 e. The van der Waals surface area contributed by atoms with Gasteiger partial charge in [0.2, 0.25) is 0 Å². The molecule has 0 saturated heterocycles. The Balaban J connectivity index is 1.80. The maximum atomic E-state index is 15.0. The molecular formula is C24H30FN3O. The molecule has 2 aliphatic rings. The van der Waals surface area contributed by atoms with Gasteiger partial charge in [-0.2, -0.15) is 5.10 Å². The maximum Gasteiger partial charge on any atom is 0.251 e. The predicted molar refractivity (Wildman–Crippen MR) is 114 cm³/mol. The summed E-state index contributed by atoms with van der Waals surface area (Å²) >= 11 is 0. The quantitative estimate of drug-likeness (QED) is 0.779. The van der Waals surface area contributed by atoms with Crippen LogP contribution in [0.2, 0.25) is 0 Å². The van der Waals surface area contributed by atoms with Gasteiger partial charge >= 0.3 is 0 Å². The van der Waals surface area contributed by atoms with E-state index in [0.717, 1.165) is 36.2 Å². The number of rotatable bonds is 4. The summed E-state index contributed by atoms with van der Waals surface area (Å²) in [5.41, 5.74) is 10.1. The Kier molecular flexibility index (Phi) is 5.09. The van der Waals surface area contributed by atoms with Gasteiger partial charge in [-0.15, -0.1) is 0 Å². The van der Waals surface area contributed by atoms with E-state index in [1.54, 1.807) is 0 Å². The Morgan fingerprint density at radius 2 is 2.00 bits per heavy atom. The SMILES string of the molecule is Cc1nn(-c2cc(F)c(C(N)=O)c(CC3CCCCC3)c2)c2c1C=CC(C)(C)C2. The van der Waals surface area contributed by atoms with E-state index in [9.17, 15) is 4.79 Å². The number of hydrogen-bond acceptors (Lipinski definition) is 2. The van der Waals surface area contributed by atoms with Crippen LogP contribution in [0.5, 0.6) is 0 Å². The van der Waals surface area contributed by atoms with E-state index >= 15 is 4.39 Å². The monoisotopic (exact) mass is 395 g/mol. The molecule has 0 atom stereocenters. The maximum absolute atomic E-state index is 15.0. The summed E-state index contributed by atoms with van der Waals surface area (Å²) in [7, 11) is 0. The number of primary amides is 1. The number of aromatic nitrogens is 2. The Labute approximate surface area is 172 Å². The number of nitrogens with two attached hydrogens (primary N) is 1. The lowest BCUT2D eigenvalue weighted by molar-refractivity contribution is 0.0995. The van der Waals surface area contributed by atoms with Gasteiger partial charge in [0.15, 0.2) is 0 Å². The van der Waals surface area contributed by atoms with Crippen LogP contribution in [0, 0.1) is 24.1 Å². The lowest BCUT2D eigenvalue weighted by atomic mass is 9.82. The average molecular weight is 396 g/mol. The molecule has 4 nitrogen and oxygen atoms in total. The number of benzene rings is 1. The first kappa shape index (κ1) is 19.9. The normalized spacial score (nSPS) is 18.6. The molecule has 0 radical (unpaired) electrons. The van der Waals surface area contributed by atoms with E-state index in [-0.39, 0.29) is 11.0 Å². The van der Waals surface area contributed by atoms with Crippen LogP contribution in [0.4, 0.5) is 4.39 Å². The summed E-state index contributed by atoms with van der Waals surface area (Å²) in [6.45, 7) is 6.35. The Bertz CT molecular complexity index is 980. The molecule has 2 N–H and O–H groups in total. The molecule has 0 bridgehead atoms. The number of amides is 1. The zero-order valence-electron chi connectivity index (χ0n) is 17.6. The van der Waals surface area contributed by atoms with Gasteiger partial charge in [0, 0.05) is 11.6 Å². The Morgan fingerprint density at radius 1 is 1.28 bits per heavy atom. The van der Waals surface area contributed by atoms with E-state index < -0.39 is 11.7 Å². The molecule has 1 amide bonds. The standard InChI is InChI=1S/C24H30FN3O/c1-15-19-9-10-24(2,3)14-21(19)28(27-15)18-12-17(11-16-7-5-4-6-8-16)22(23(26)29)20(25)13-18/h9-10,12-13,16H,4-8,11,14H2,1-3H3,(H2,26,29). The number of halogens is 1.